The quantitative estimate of drug-likeness (QED) is 0.583. The van der Waals surface area contributed by atoms with Crippen molar-refractivity contribution in [3.63, 3.8) is 0 Å². The van der Waals surface area contributed by atoms with Gasteiger partial charge in [0.25, 0.3) is 21.6 Å². The molecular formula is C9H8N4O5S. The number of nitrogens with two attached hydrogens (primary N) is 1. The Kier molecular flexibility index (Phi) is 2.94. The van der Waals surface area contributed by atoms with Crippen LogP contribution in [0.5, 0.6) is 0 Å². The number of benzene rings is 1. The zero-order chi connectivity index (χ0) is 14.2. The molecule has 2 rings (SSSR count). The number of rotatable bonds is 3. The molecule has 9 nitrogen and oxygen atoms in total. The molecule has 1 aliphatic heterocycles. The van der Waals surface area contributed by atoms with Crippen molar-refractivity contribution in [1.82, 2.24) is 4.31 Å². The zero-order valence-corrected chi connectivity index (χ0v) is 10.2. The van der Waals surface area contributed by atoms with Gasteiger partial charge < -0.3 is 5.73 Å². The van der Waals surface area contributed by atoms with Crippen LogP contribution in [-0.4, -0.2) is 36.1 Å². The Balaban J connectivity index is 2.43. The van der Waals surface area contributed by atoms with Gasteiger partial charge in [0.1, 0.15) is 6.54 Å². The van der Waals surface area contributed by atoms with Crippen LogP contribution >= 0.6 is 0 Å². The number of nitro benzene ring substituents is 1. The third-order valence-corrected chi connectivity index (χ3v) is 4.14. The normalized spacial score (nSPS) is 15.5. The van der Waals surface area contributed by atoms with E-state index >= 15 is 0 Å². The van der Waals surface area contributed by atoms with Crippen molar-refractivity contribution in [2.24, 2.45) is 10.7 Å². The molecule has 0 saturated carbocycles. The number of sulfonamides is 1. The maximum Gasteiger partial charge on any atom is 0.273 e. The van der Waals surface area contributed by atoms with E-state index in [4.69, 9.17) is 5.73 Å². The van der Waals surface area contributed by atoms with Crippen molar-refractivity contribution in [3.8, 4) is 0 Å². The number of carbonyl (C=O) groups excluding carboxylic acids is 1. The fourth-order valence-corrected chi connectivity index (χ4v) is 2.83. The van der Waals surface area contributed by atoms with Crippen LogP contribution in [0.2, 0.25) is 0 Å². The molecule has 100 valence electrons. The van der Waals surface area contributed by atoms with Crippen molar-refractivity contribution in [3.05, 3.63) is 34.4 Å². The molecule has 1 amide bonds. The SMILES string of the molecule is NC1=NCC(=O)N1S(=O)(=O)c1ccc([N+](=O)[O-])cc1. The van der Waals surface area contributed by atoms with Gasteiger partial charge in [0.05, 0.1) is 9.82 Å². The molecule has 19 heavy (non-hydrogen) atoms. The maximum atomic E-state index is 12.1. The fourth-order valence-electron chi connectivity index (χ4n) is 1.51. The van der Waals surface area contributed by atoms with Crippen LogP contribution in [0.3, 0.4) is 0 Å². The van der Waals surface area contributed by atoms with Gasteiger partial charge in [-0.3, -0.25) is 14.9 Å². The lowest BCUT2D eigenvalue weighted by atomic mass is 10.3. The minimum Gasteiger partial charge on any atom is -0.369 e. The van der Waals surface area contributed by atoms with E-state index in [1.807, 2.05) is 0 Å². The maximum absolute atomic E-state index is 12.1. The smallest absolute Gasteiger partial charge is 0.273 e. The molecule has 10 heteroatoms. The van der Waals surface area contributed by atoms with E-state index in [0.29, 0.717) is 4.31 Å². The minimum atomic E-state index is -4.17. The van der Waals surface area contributed by atoms with Crippen LogP contribution in [0.4, 0.5) is 5.69 Å². The van der Waals surface area contributed by atoms with Crippen LogP contribution in [0.15, 0.2) is 34.2 Å². The molecular weight excluding hydrogens is 276 g/mol. The van der Waals surface area contributed by atoms with Crippen molar-refractivity contribution >= 4 is 27.6 Å². The predicted molar refractivity (Wildman–Crippen MR) is 63.6 cm³/mol. The van der Waals surface area contributed by atoms with E-state index in [-0.39, 0.29) is 17.1 Å². The first-order valence-electron chi connectivity index (χ1n) is 4.96. The van der Waals surface area contributed by atoms with Crippen molar-refractivity contribution in [2.75, 3.05) is 6.54 Å². The van der Waals surface area contributed by atoms with Gasteiger partial charge in [-0.05, 0) is 12.1 Å². The number of hydrogen-bond donors (Lipinski definition) is 1. The first-order valence-corrected chi connectivity index (χ1v) is 6.40. The van der Waals surface area contributed by atoms with Crippen molar-refractivity contribution in [2.45, 2.75) is 4.90 Å². The fraction of sp³-hybridized carbons (Fsp3) is 0.111. The first kappa shape index (κ1) is 13.0. The third kappa shape index (κ3) is 2.12. The Morgan fingerprint density at radius 3 is 2.32 bits per heavy atom. The van der Waals surface area contributed by atoms with Gasteiger partial charge in [0.15, 0.2) is 0 Å². The highest BCUT2D eigenvalue weighted by molar-refractivity contribution is 7.90. The Bertz CT molecular complexity index is 679. The van der Waals surface area contributed by atoms with E-state index in [1.165, 1.54) is 0 Å². The lowest BCUT2D eigenvalue weighted by Gasteiger charge is -2.15. The summed E-state index contributed by atoms with van der Waals surface area (Å²) >= 11 is 0. The standard InChI is InChI=1S/C9H8N4O5S/c10-9-11-5-8(14)12(9)19(17,18)7-3-1-6(2-4-7)13(15)16/h1-4H,5H2,(H2,10,11). The summed E-state index contributed by atoms with van der Waals surface area (Å²) < 4.78 is 24.6. The van der Waals surface area contributed by atoms with E-state index in [2.05, 4.69) is 4.99 Å². The summed E-state index contributed by atoms with van der Waals surface area (Å²) in [6, 6.07) is 4.13. The Morgan fingerprint density at radius 1 is 1.32 bits per heavy atom. The van der Waals surface area contributed by atoms with Crippen LogP contribution < -0.4 is 5.73 Å². The molecule has 1 heterocycles. The van der Waals surface area contributed by atoms with Crippen LogP contribution in [0.25, 0.3) is 0 Å². The second-order valence-electron chi connectivity index (χ2n) is 3.59. The largest absolute Gasteiger partial charge is 0.369 e. The number of carbonyl (C=O) groups is 1. The van der Waals surface area contributed by atoms with E-state index < -0.39 is 26.8 Å². The van der Waals surface area contributed by atoms with Gasteiger partial charge in [0, 0.05) is 12.1 Å². The molecule has 2 N–H and O–H groups in total. The first-order chi connectivity index (χ1) is 8.84. The van der Waals surface area contributed by atoms with Gasteiger partial charge in [-0.15, -0.1) is 0 Å². The molecule has 0 saturated heterocycles. The van der Waals surface area contributed by atoms with Crippen LogP contribution in [0.1, 0.15) is 0 Å². The summed E-state index contributed by atoms with van der Waals surface area (Å²) in [5.41, 5.74) is 5.08. The molecule has 0 aromatic heterocycles. The van der Waals surface area contributed by atoms with Crippen molar-refractivity contribution in [1.29, 1.82) is 0 Å². The molecule has 0 spiro atoms. The highest BCUT2D eigenvalue weighted by atomic mass is 32.2. The number of hydrogen-bond acceptors (Lipinski definition) is 7. The average Bonchev–Trinajstić information content (AvgIpc) is 2.69. The van der Waals surface area contributed by atoms with Crippen LogP contribution in [-0.2, 0) is 14.8 Å². The summed E-state index contributed by atoms with van der Waals surface area (Å²) in [6.07, 6.45) is 0. The highest BCUT2D eigenvalue weighted by Crippen LogP contribution is 2.21. The van der Waals surface area contributed by atoms with Gasteiger partial charge in [-0.1, -0.05) is 0 Å². The minimum absolute atomic E-state index is 0.256. The molecule has 0 fully saturated rings. The Labute approximate surface area is 107 Å². The topological polar surface area (TPSA) is 136 Å². The number of amides is 1. The second kappa shape index (κ2) is 4.31. The molecule has 0 unspecified atom stereocenters. The molecule has 1 aliphatic rings. The summed E-state index contributed by atoms with van der Waals surface area (Å²) in [6.45, 7) is -0.335. The van der Waals surface area contributed by atoms with Gasteiger partial charge in [-0.25, -0.2) is 13.4 Å². The number of nitrogens with zero attached hydrogens (tertiary/aromatic N) is 3. The zero-order valence-electron chi connectivity index (χ0n) is 9.38. The van der Waals surface area contributed by atoms with E-state index in [1.54, 1.807) is 0 Å². The summed E-state index contributed by atoms with van der Waals surface area (Å²) in [7, 11) is -4.17. The van der Waals surface area contributed by atoms with Gasteiger partial charge >= 0.3 is 0 Å². The molecule has 1 aromatic rings. The van der Waals surface area contributed by atoms with Gasteiger partial charge in [-0.2, -0.15) is 4.31 Å². The number of aliphatic imine (C=N–C) groups is 1. The van der Waals surface area contributed by atoms with Crippen molar-refractivity contribution < 1.29 is 18.1 Å². The van der Waals surface area contributed by atoms with Crippen LogP contribution in [0, 0.1) is 10.1 Å². The summed E-state index contributed by atoms with van der Waals surface area (Å²) in [4.78, 5) is 24.5. The monoisotopic (exact) mass is 284 g/mol. The highest BCUT2D eigenvalue weighted by Gasteiger charge is 2.36. The lowest BCUT2D eigenvalue weighted by molar-refractivity contribution is -0.384. The molecule has 0 atom stereocenters. The molecule has 0 bridgehead atoms. The van der Waals surface area contributed by atoms with E-state index in [9.17, 15) is 23.3 Å². The number of non-ortho nitro benzene ring substituents is 1. The van der Waals surface area contributed by atoms with Gasteiger partial charge in [0.2, 0.25) is 5.96 Å². The number of guanidine groups is 1. The third-order valence-electron chi connectivity index (χ3n) is 2.40. The number of nitro groups is 1. The average molecular weight is 284 g/mol. The lowest BCUT2D eigenvalue weighted by Crippen LogP contribution is -2.42. The molecule has 0 radical (unpaired) electrons. The molecule has 1 aromatic carbocycles. The summed E-state index contributed by atoms with van der Waals surface area (Å²) in [5, 5.41) is 10.5. The predicted octanol–water partition coefficient (Wildman–Crippen LogP) is -0.560. The Morgan fingerprint density at radius 2 is 1.89 bits per heavy atom. The second-order valence-corrected chi connectivity index (χ2v) is 5.38. The molecule has 0 aliphatic carbocycles. The van der Waals surface area contributed by atoms with E-state index in [0.717, 1.165) is 24.3 Å². The summed E-state index contributed by atoms with van der Waals surface area (Å²) in [5.74, 6) is -1.18. The Hall–Kier alpha value is -2.49.